The van der Waals surface area contributed by atoms with Crippen LogP contribution in [0.25, 0.3) is 20.7 Å². The van der Waals surface area contributed by atoms with Gasteiger partial charge in [-0.15, -0.1) is 11.3 Å². The van der Waals surface area contributed by atoms with Gasteiger partial charge in [-0.3, -0.25) is 0 Å². The van der Waals surface area contributed by atoms with Crippen LogP contribution in [-0.2, 0) is 6.18 Å². The van der Waals surface area contributed by atoms with Crippen LogP contribution in [0.1, 0.15) is 17.2 Å². The van der Waals surface area contributed by atoms with E-state index in [1.54, 1.807) is 12.1 Å². The molecule has 8 heteroatoms. The molecule has 0 amide bonds. The zero-order valence-corrected chi connectivity index (χ0v) is 16.0. The number of fused-ring (bicyclic) bond motifs is 1. The highest BCUT2D eigenvalue weighted by atomic mass is 32.1. The Morgan fingerprint density at radius 1 is 1.00 bits per heavy atom. The summed E-state index contributed by atoms with van der Waals surface area (Å²) in [4.78, 5) is 9.25. The highest BCUT2D eigenvalue weighted by molar-refractivity contribution is 7.22. The molecule has 29 heavy (non-hydrogen) atoms. The van der Waals surface area contributed by atoms with E-state index >= 15 is 0 Å². The standard InChI is InChI=1S/C21H17F3N4S/c22-21(23,24)15-6-7-18-14(8-15)9-19(29-18)17-10-20(28-12-27-17)26-11-16(25)13-4-2-1-3-5-13/h1-10,12,16H,11,25H2,(H,26,27,28)/t16-/m0/s1. The average molecular weight is 414 g/mol. The summed E-state index contributed by atoms with van der Waals surface area (Å²) >= 11 is 1.39. The predicted octanol–water partition coefficient (Wildman–Crippen LogP) is 5.49. The molecule has 4 rings (SSSR count). The van der Waals surface area contributed by atoms with Crippen molar-refractivity contribution in [1.82, 2.24) is 9.97 Å². The average Bonchev–Trinajstić information content (AvgIpc) is 3.16. The van der Waals surface area contributed by atoms with Gasteiger partial charge in [0.1, 0.15) is 12.1 Å². The molecule has 2 aromatic carbocycles. The van der Waals surface area contributed by atoms with Crippen molar-refractivity contribution in [2.75, 3.05) is 11.9 Å². The van der Waals surface area contributed by atoms with Crippen molar-refractivity contribution < 1.29 is 13.2 Å². The molecule has 0 aliphatic carbocycles. The topological polar surface area (TPSA) is 63.8 Å². The Morgan fingerprint density at radius 3 is 2.55 bits per heavy atom. The van der Waals surface area contributed by atoms with Crippen molar-refractivity contribution in [3.05, 3.63) is 78.1 Å². The summed E-state index contributed by atoms with van der Waals surface area (Å²) in [6, 6.07) is 16.8. The third kappa shape index (κ3) is 4.38. The molecule has 0 fully saturated rings. The van der Waals surface area contributed by atoms with E-state index in [-0.39, 0.29) is 6.04 Å². The van der Waals surface area contributed by atoms with E-state index < -0.39 is 11.7 Å². The number of anilines is 1. The zero-order valence-electron chi connectivity index (χ0n) is 15.1. The summed E-state index contributed by atoms with van der Waals surface area (Å²) in [5.74, 6) is 0.606. The Bertz CT molecular complexity index is 1130. The number of benzene rings is 2. The molecular formula is C21H17F3N4S. The smallest absolute Gasteiger partial charge is 0.368 e. The molecule has 4 nitrogen and oxygen atoms in total. The Hall–Kier alpha value is -2.97. The van der Waals surface area contributed by atoms with Crippen LogP contribution in [0.3, 0.4) is 0 Å². The Labute approximate surface area is 169 Å². The molecule has 3 N–H and O–H groups in total. The maximum absolute atomic E-state index is 12.9. The molecule has 2 aromatic heterocycles. The van der Waals surface area contributed by atoms with Crippen LogP contribution in [0.2, 0.25) is 0 Å². The number of hydrogen-bond acceptors (Lipinski definition) is 5. The molecule has 0 saturated heterocycles. The van der Waals surface area contributed by atoms with Crippen molar-refractivity contribution in [1.29, 1.82) is 0 Å². The van der Waals surface area contributed by atoms with Gasteiger partial charge in [-0.05, 0) is 35.2 Å². The van der Waals surface area contributed by atoms with E-state index in [1.165, 1.54) is 23.7 Å². The second-order valence-corrected chi connectivity index (χ2v) is 7.63. The van der Waals surface area contributed by atoms with Crippen LogP contribution in [0.15, 0.2) is 67.0 Å². The number of nitrogens with two attached hydrogens (primary N) is 1. The van der Waals surface area contributed by atoms with Gasteiger partial charge in [-0.1, -0.05) is 30.3 Å². The molecular weight excluding hydrogens is 397 g/mol. The SMILES string of the molecule is N[C@@H](CNc1cc(-c2cc3cc(C(F)(F)F)ccc3s2)ncn1)c1ccccc1. The van der Waals surface area contributed by atoms with Gasteiger partial charge in [-0.2, -0.15) is 13.2 Å². The van der Waals surface area contributed by atoms with Gasteiger partial charge in [-0.25, -0.2) is 9.97 Å². The van der Waals surface area contributed by atoms with E-state index in [0.717, 1.165) is 27.3 Å². The molecule has 0 aliphatic rings. The Kier molecular flexibility index (Phi) is 5.21. The van der Waals surface area contributed by atoms with Crippen LogP contribution in [0.4, 0.5) is 19.0 Å². The van der Waals surface area contributed by atoms with Gasteiger partial charge < -0.3 is 11.1 Å². The lowest BCUT2D eigenvalue weighted by molar-refractivity contribution is -0.137. The largest absolute Gasteiger partial charge is 0.416 e. The maximum atomic E-state index is 12.9. The van der Waals surface area contributed by atoms with Crippen LogP contribution in [0, 0.1) is 0 Å². The van der Waals surface area contributed by atoms with E-state index in [1.807, 2.05) is 30.3 Å². The molecule has 148 valence electrons. The van der Waals surface area contributed by atoms with Crippen molar-refractivity contribution in [2.45, 2.75) is 12.2 Å². The first kappa shape index (κ1) is 19.4. The van der Waals surface area contributed by atoms with Gasteiger partial charge in [0.2, 0.25) is 0 Å². The fraction of sp³-hybridized carbons (Fsp3) is 0.143. The molecule has 0 unspecified atom stereocenters. The van der Waals surface area contributed by atoms with Crippen molar-refractivity contribution in [2.24, 2.45) is 5.73 Å². The summed E-state index contributed by atoms with van der Waals surface area (Å²) in [5.41, 5.74) is 7.20. The monoisotopic (exact) mass is 414 g/mol. The number of alkyl halides is 3. The lowest BCUT2D eigenvalue weighted by atomic mass is 10.1. The van der Waals surface area contributed by atoms with Gasteiger partial charge in [0.25, 0.3) is 0 Å². The van der Waals surface area contributed by atoms with Crippen LogP contribution in [-0.4, -0.2) is 16.5 Å². The van der Waals surface area contributed by atoms with Gasteiger partial charge in [0, 0.05) is 23.4 Å². The number of nitrogens with zero attached hydrogens (tertiary/aromatic N) is 2. The maximum Gasteiger partial charge on any atom is 0.416 e. The number of halogens is 3. The minimum Gasteiger partial charge on any atom is -0.368 e. The molecule has 0 saturated carbocycles. The third-order valence-corrected chi connectivity index (χ3v) is 5.63. The molecule has 0 spiro atoms. The van der Waals surface area contributed by atoms with E-state index in [2.05, 4.69) is 15.3 Å². The number of thiophene rings is 1. The number of rotatable bonds is 5. The second kappa shape index (κ2) is 7.81. The van der Waals surface area contributed by atoms with Gasteiger partial charge >= 0.3 is 6.18 Å². The van der Waals surface area contributed by atoms with Crippen LogP contribution in [0.5, 0.6) is 0 Å². The zero-order chi connectivity index (χ0) is 20.4. The lowest BCUT2D eigenvalue weighted by Gasteiger charge is -2.13. The fourth-order valence-corrected chi connectivity index (χ4v) is 3.98. The first-order valence-corrected chi connectivity index (χ1v) is 9.69. The van der Waals surface area contributed by atoms with Crippen molar-refractivity contribution >= 4 is 27.2 Å². The molecule has 4 aromatic rings. The summed E-state index contributed by atoms with van der Waals surface area (Å²) < 4.78 is 39.6. The lowest BCUT2D eigenvalue weighted by Crippen LogP contribution is -2.20. The van der Waals surface area contributed by atoms with E-state index in [0.29, 0.717) is 23.4 Å². The number of nitrogens with one attached hydrogen (secondary N) is 1. The van der Waals surface area contributed by atoms with Crippen LogP contribution < -0.4 is 11.1 Å². The summed E-state index contributed by atoms with van der Waals surface area (Å²) in [5, 5.41) is 3.74. The Balaban J connectivity index is 1.54. The summed E-state index contributed by atoms with van der Waals surface area (Å²) in [6.45, 7) is 0.488. The van der Waals surface area contributed by atoms with Gasteiger partial charge in [0.15, 0.2) is 0 Å². The summed E-state index contributed by atoms with van der Waals surface area (Å²) in [7, 11) is 0. The van der Waals surface area contributed by atoms with E-state index in [9.17, 15) is 13.2 Å². The minimum atomic E-state index is -4.36. The first-order chi connectivity index (χ1) is 13.9. The highest BCUT2D eigenvalue weighted by Gasteiger charge is 2.30. The molecule has 1 atom stereocenters. The minimum absolute atomic E-state index is 0.195. The first-order valence-electron chi connectivity index (χ1n) is 8.88. The molecule has 0 radical (unpaired) electrons. The van der Waals surface area contributed by atoms with Crippen LogP contribution >= 0.6 is 11.3 Å². The normalized spacial score (nSPS) is 12.8. The van der Waals surface area contributed by atoms with Gasteiger partial charge in [0.05, 0.1) is 16.1 Å². The molecule has 2 heterocycles. The Morgan fingerprint density at radius 2 is 1.79 bits per heavy atom. The number of aromatic nitrogens is 2. The summed E-state index contributed by atoms with van der Waals surface area (Å²) in [6.07, 6.45) is -2.93. The molecule has 0 bridgehead atoms. The third-order valence-electron chi connectivity index (χ3n) is 4.49. The van der Waals surface area contributed by atoms with Crippen molar-refractivity contribution in [3.63, 3.8) is 0 Å². The van der Waals surface area contributed by atoms with E-state index in [4.69, 9.17) is 5.73 Å². The van der Waals surface area contributed by atoms with Crippen molar-refractivity contribution in [3.8, 4) is 10.6 Å². The fourth-order valence-electron chi connectivity index (χ4n) is 2.97. The predicted molar refractivity (Wildman–Crippen MR) is 110 cm³/mol. The highest BCUT2D eigenvalue weighted by Crippen LogP contribution is 2.37. The second-order valence-electron chi connectivity index (χ2n) is 6.55. The molecule has 0 aliphatic heterocycles. The quantitative estimate of drug-likeness (QED) is 0.453. The number of hydrogen-bond donors (Lipinski definition) is 2.